The molecule has 0 saturated carbocycles. The zero-order valence-corrected chi connectivity index (χ0v) is 17.1. The van der Waals surface area contributed by atoms with Crippen LogP contribution in [-0.4, -0.2) is 31.3 Å². The number of hydrogen-bond acceptors (Lipinski definition) is 6. The number of aromatic amines is 1. The lowest BCUT2D eigenvalue weighted by Gasteiger charge is -2.00. The zero-order valence-electron chi connectivity index (χ0n) is 16.3. The second kappa shape index (κ2) is 8.84. The first kappa shape index (κ1) is 19.7. The van der Waals surface area contributed by atoms with Gasteiger partial charge in [-0.1, -0.05) is 30.0 Å². The molecule has 0 aliphatic heterocycles. The number of benzene rings is 1. The Balaban J connectivity index is 1.43. The molecule has 0 fully saturated rings. The number of aromatic nitrogens is 4. The normalized spacial score (nSPS) is 11.3. The van der Waals surface area contributed by atoms with Crippen LogP contribution in [0.1, 0.15) is 34.1 Å². The van der Waals surface area contributed by atoms with Crippen molar-refractivity contribution in [1.82, 2.24) is 19.7 Å². The van der Waals surface area contributed by atoms with Crippen LogP contribution in [0, 0.1) is 18.3 Å². The number of fused-ring (bicyclic) bond motifs is 1. The molecule has 0 bridgehead atoms. The van der Waals surface area contributed by atoms with Crippen molar-refractivity contribution in [3.8, 4) is 6.07 Å². The molecule has 0 unspecified atom stereocenters. The highest BCUT2D eigenvalue weighted by Gasteiger charge is 2.16. The number of rotatable bonds is 8. The van der Waals surface area contributed by atoms with Gasteiger partial charge in [0.15, 0.2) is 5.78 Å². The van der Waals surface area contributed by atoms with Crippen LogP contribution in [0.3, 0.4) is 0 Å². The van der Waals surface area contributed by atoms with Gasteiger partial charge in [-0.25, -0.2) is 4.98 Å². The summed E-state index contributed by atoms with van der Waals surface area (Å²) in [7, 11) is 0. The number of H-pyrrole nitrogens is 1. The van der Waals surface area contributed by atoms with E-state index in [-0.39, 0.29) is 11.5 Å². The van der Waals surface area contributed by atoms with Crippen LogP contribution in [0.4, 0.5) is 0 Å². The fraction of sp³-hybridized carbons (Fsp3) is 0.182. The molecule has 7 nitrogen and oxygen atoms in total. The summed E-state index contributed by atoms with van der Waals surface area (Å²) in [6.07, 6.45) is 5.82. The first-order valence-corrected chi connectivity index (χ1v) is 10.4. The van der Waals surface area contributed by atoms with Crippen LogP contribution in [0.5, 0.6) is 0 Å². The molecule has 8 heteroatoms. The maximum Gasteiger partial charge on any atom is 0.209 e. The molecule has 4 rings (SSSR count). The van der Waals surface area contributed by atoms with Gasteiger partial charge in [0.05, 0.1) is 18.2 Å². The summed E-state index contributed by atoms with van der Waals surface area (Å²) in [5.41, 5.74) is 1.61. The molecule has 1 N–H and O–H groups in total. The summed E-state index contributed by atoms with van der Waals surface area (Å²) in [5, 5.41) is 17.3. The second-order valence-electron chi connectivity index (χ2n) is 6.66. The molecule has 30 heavy (non-hydrogen) atoms. The van der Waals surface area contributed by atoms with Crippen LogP contribution in [-0.2, 0) is 6.54 Å². The van der Waals surface area contributed by atoms with Gasteiger partial charge in [-0.2, -0.15) is 5.26 Å². The molecule has 3 heterocycles. The van der Waals surface area contributed by atoms with Gasteiger partial charge in [0.2, 0.25) is 5.16 Å². The predicted octanol–water partition coefficient (Wildman–Crippen LogP) is 4.72. The molecule has 0 aliphatic carbocycles. The van der Waals surface area contributed by atoms with Crippen LogP contribution in [0.25, 0.3) is 23.1 Å². The minimum Gasteiger partial charge on any atom is -0.462 e. The number of Topliss-reactive ketones (excluding diaryl/α,β-unsaturated/α-hetero) is 1. The van der Waals surface area contributed by atoms with E-state index in [1.807, 2.05) is 60.2 Å². The van der Waals surface area contributed by atoms with Gasteiger partial charge in [0.1, 0.15) is 17.3 Å². The topological polar surface area (TPSA) is 100 Å². The number of hydrogen-bond donors (Lipinski definition) is 1. The summed E-state index contributed by atoms with van der Waals surface area (Å²) in [6.45, 7) is 2.45. The number of carbonyl (C=O) groups excluding carboxylic acids is 1. The molecule has 150 valence electrons. The average molecular weight is 417 g/mol. The number of furan rings is 1. The molecule has 1 aromatic carbocycles. The monoisotopic (exact) mass is 417 g/mol. The fourth-order valence-corrected chi connectivity index (χ4v) is 3.82. The Bertz CT molecular complexity index is 1260. The van der Waals surface area contributed by atoms with Crippen molar-refractivity contribution >= 4 is 40.6 Å². The number of aryl methyl sites for hydroxylation is 2. The number of carbonyl (C=O) groups is 1. The fourth-order valence-electron chi connectivity index (χ4n) is 3.13. The van der Waals surface area contributed by atoms with E-state index in [0.717, 1.165) is 22.4 Å². The highest BCUT2D eigenvalue weighted by molar-refractivity contribution is 7.99. The van der Waals surface area contributed by atoms with Crippen molar-refractivity contribution in [2.45, 2.75) is 25.0 Å². The Labute approximate surface area is 177 Å². The largest absolute Gasteiger partial charge is 0.462 e. The molecule has 0 radical (unpaired) electrons. The number of thioether (sulfide) groups is 1. The van der Waals surface area contributed by atoms with E-state index in [4.69, 9.17) is 9.68 Å². The Morgan fingerprint density at radius 3 is 2.97 bits per heavy atom. The van der Waals surface area contributed by atoms with Crippen molar-refractivity contribution in [2.75, 3.05) is 5.75 Å². The first-order chi connectivity index (χ1) is 14.6. The number of nitriles is 1. The smallest absolute Gasteiger partial charge is 0.209 e. The van der Waals surface area contributed by atoms with Crippen LogP contribution < -0.4 is 0 Å². The summed E-state index contributed by atoms with van der Waals surface area (Å²) in [5.74, 6) is 2.40. The minimum absolute atomic E-state index is 0.000129. The predicted molar refractivity (Wildman–Crippen MR) is 116 cm³/mol. The summed E-state index contributed by atoms with van der Waals surface area (Å²) in [4.78, 5) is 17.2. The third-order valence-corrected chi connectivity index (χ3v) is 5.38. The Morgan fingerprint density at radius 1 is 1.30 bits per heavy atom. The summed E-state index contributed by atoms with van der Waals surface area (Å²) < 4.78 is 7.44. The van der Waals surface area contributed by atoms with E-state index in [1.165, 1.54) is 11.8 Å². The first-order valence-electron chi connectivity index (χ1n) is 9.42. The van der Waals surface area contributed by atoms with Crippen molar-refractivity contribution < 1.29 is 9.21 Å². The van der Waals surface area contributed by atoms with Gasteiger partial charge in [0.25, 0.3) is 0 Å². The summed E-state index contributed by atoms with van der Waals surface area (Å²) in [6, 6.07) is 13.7. The zero-order chi connectivity index (χ0) is 20.9. The van der Waals surface area contributed by atoms with Crippen LogP contribution in [0.2, 0.25) is 0 Å². The summed E-state index contributed by atoms with van der Waals surface area (Å²) >= 11 is 1.28. The number of nitrogens with zero attached hydrogens (tertiary/aromatic N) is 4. The molecule has 0 saturated heterocycles. The van der Waals surface area contributed by atoms with E-state index in [0.29, 0.717) is 29.5 Å². The third-order valence-electron chi connectivity index (χ3n) is 4.53. The molecule has 3 aromatic heterocycles. The molecule has 0 spiro atoms. The van der Waals surface area contributed by atoms with Crippen molar-refractivity contribution in [2.24, 2.45) is 0 Å². The van der Waals surface area contributed by atoms with E-state index < -0.39 is 0 Å². The van der Waals surface area contributed by atoms with Crippen LogP contribution >= 0.6 is 11.8 Å². The molecule has 0 aliphatic rings. The van der Waals surface area contributed by atoms with E-state index >= 15 is 0 Å². The van der Waals surface area contributed by atoms with Gasteiger partial charge in [-0.05, 0) is 37.3 Å². The lowest BCUT2D eigenvalue weighted by molar-refractivity contribution is 0.102. The second-order valence-corrected chi connectivity index (χ2v) is 7.60. The van der Waals surface area contributed by atoms with Crippen LogP contribution in [0.15, 0.2) is 52.2 Å². The molecular formula is C22H19N5O2S. The molecule has 0 amide bonds. The lowest BCUT2D eigenvalue weighted by Crippen LogP contribution is -2.02. The average Bonchev–Trinajstić information content (AvgIpc) is 3.47. The number of nitrogens with one attached hydrogen (secondary N) is 1. The number of ketones is 1. The molecular weight excluding hydrogens is 398 g/mol. The molecule has 0 atom stereocenters. The van der Waals surface area contributed by atoms with E-state index in [9.17, 15) is 4.79 Å². The minimum atomic E-state index is -0.000129. The highest BCUT2D eigenvalue weighted by atomic mass is 32.2. The van der Waals surface area contributed by atoms with E-state index in [1.54, 1.807) is 6.08 Å². The van der Waals surface area contributed by atoms with E-state index in [2.05, 4.69) is 21.3 Å². The van der Waals surface area contributed by atoms with Gasteiger partial charge in [-0.3, -0.25) is 9.89 Å². The quantitative estimate of drug-likeness (QED) is 0.329. The van der Waals surface area contributed by atoms with Gasteiger partial charge in [0, 0.05) is 29.2 Å². The van der Waals surface area contributed by atoms with Gasteiger partial charge < -0.3 is 8.98 Å². The van der Waals surface area contributed by atoms with Gasteiger partial charge in [-0.15, -0.1) is 5.10 Å². The Kier molecular flexibility index (Phi) is 5.82. The Morgan fingerprint density at radius 2 is 2.17 bits per heavy atom. The lowest BCUT2D eigenvalue weighted by atomic mass is 10.1. The standard InChI is InChI=1S/C22H19N5O2S/c1-15-7-8-16(29-15)9-10-21-24-22(26-25-21)30-14-20(28)18-13-27(12-4-11-23)19-6-3-2-5-17(18)19/h2-3,5-10,13H,4,12,14H2,1H3,(H,24,25,26)/b10-9+. The van der Waals surface area contributed by atoms with Crippen molar-refractivity contribution in [3.05, 3.63) is 65.5 Å². The van der Waals surface area contributed by atoms with Gasteiger partial charge >= 0.3 is 0 Å². The van der Waals surface area contributed by atoms with Crippen molar-refractivity contribution in [3.63, 3.8) is 0 Å². The third kappa shape index (κ3) is 4.36. The highest BCUT2D eigenvalue weighted by Crippen LogP contribution is 2.24. The molecule has 4 aromatic rings. The van der Waals surface area contributed by atoms with Crippen molar-refractivity contribution in [1.29, 1.82) is 5.26 Å². The maximum absolute atomic E-state index is 12.8. The number of para-hydroxylation sites is 1. The Hall–Kier alpha value is -3.57. The SMILES string of the molecule is Cc1ccc(/C=C/c2nc(SCC(=O)c3cn(CCC#N)c4ccccc34)n[nH]2)o1. The maximum atomic E-state index is 12.8.